The maximum atomic E-state index is 14.0. The van der Waals surface area contributed by atoms with Gasteiger partial charge >= 0.3 is 0 Å². The molecule has 3 heterocycles. The largest absolute Gasteiger partial charge is 0.347 e. The van der Waals surface area contributed by atoms with Gasteiger partial charge in [-0.2, -0.15) is 0 Å². The zero-order valence-corrected chi connectivity index (χ0v) is 32.2. The van der Waals surface area contributed by atoms with E-state index in [0.29, 0.717) is 23.3 Å². The molecule has 0 aliphatic heterocycles. The number of carbonyl (C=O) groups is 1. The number of carbonyl (C=O) groups excluding carboxylic acids is 1. The summed E-state index contributed by atoms with van der Waals surface area (Å²) in [7, 11) is 3.39. The van der Waals surface area contributed by atoms with Crippen LogP contribution in [0.5, 0.6) is 0 Å². The first-order valence-corrected chi connectivity index (χ1v) is 19.4. The summed E-state index contributed by atoms with van der Waals surface area (Å²) in [6.45, 7) is 2.04. The van der Waals surface area contributed by atoms with Crippen molar-refractivity contribution >= 4 is 16.9 Å². The van der Waals surface area contributed by atoms with Crippen molar-refractivity contribution in [3.8, 4) is 22.5 Å². The molecule has 3 aromatic heterocycles. The van der Waals surface area contributed by atoms with Gasteiger partial charge in [0.25, 0.3) is 5.56 Å². The average molecular weight is 751 g/mol. The first kappa shape index (κ1) is 35.7. The number of pyridine rings is 1. The molecule has 0 saturated carbocycles. The topological polar surface area (TPSA) is 104 Å². The van der Waals surface area contributed by atoms with Gasteiger partial charge < -0.3 is 14.0 Å². The zero-order chi connectivity index (χ0) is 39.1. The molecule has 1 atom stereocenters. The van der Waals surface area contributed by atoms with E-state index < -0.39 is 5.54 Å². The first-order chi connectivity index (χ1) is 27.9. The lowest BCUT2D eigenvalue weighted by atomic mass is 9.77. The van der Waals surface area contributed by atoms with Crippen molar-refractivity contribution in [2.24, 2.45) is 0 Å². The minimum absolute atomic E-state index is 0.0229. The van der Waals surface area contributed by atoms with E-state index in [1.165, 1.54) is 20.6 Å². The molecule has 0 N–H and O–H groups in total. The molecular weight excluding hydrogens is 709 g/mol. The number of likely N-dealkylation sites (N-methyl/N-ethyl adjacent to an activating group) is 1. The standard InChI is InChI=1S/C47H42N8O2/c1-4-42-48-40-28-29-53(31-43(56)52(2)3)46(57)44(40)54(42)41-27-25-33-30-32(24-26-38(33)41)37-22-14-15-23-39(37)45-49-50-51-55(45)47(34-16-8-5-9-17-34,35-18-10-6-11-19-35)36-20-12-7-13-21-36/h5-24,26,28-30,41H,4,25,27,31H2,1-3H3/t41-/m0/s1. The van der Waals surface area contributed by atoms with E-state index in [9.17, 15) is 9.59 Å². The lowest BCUT2D eigenvalue weighted by molar-refractivity contribution is -0.129. The number of imidazole rings is 1. The molecule has 57 heavy (non-hydrogen) atoms. The Hall–Kier alpha value is -6.94. The molecule has 10 nitrogen and oxygen atoms in total. The van der Waals surface area contributed by atoms with Crippen LogP contribution in [0.3, 0.4) is 0 Å². The summed E-state index contributed by atoms with van der Waals surface area (Å²) in [5.41, 5.74) is 8.58. The van der Waals surface area contributed by atoms with Gasteiger partial charge in [0.15, 0.2) is 5.82 Å². The number of amides is 1. The number of hydrogen-bond donors (Lipinski definition) is 0. The van der Waals surface area contributed by atoms with Gasteiger partial charge in [-0.05, 0) is 68.3 Å². The Morgan fingerprint density at radius 3 is 2.02 bits per heavy atom. The van der Waals surface area contributed by atoms with E-state index in [1.807, 2.05) is 35.0 Å². The predicted octanol–water partition coefficient (Wildman–Crippen LogP) is 7.54. The number of fused-ring (bicyclic) bond motifs is 2. The van der Waals surface area contributed by atoms with Gasteiger partial charge in [-0.1, -0.05) is 140 Å². The Bertz CT molecular complexity index is 2690. The molecule has 0 unspecified atom stereocenters. The van der Waals surface area contributed by atoms with E-state index in [2.05, 4.69) is 126 Å². The van der Waals surface area contributed by atoms with Crippen LogP contribution in [0.1, 0.15) is 53.0 Å². The molecule has 0 saturated heterocycles. The third-order valence-electron chi connectivity index (χ3n) is 11.3. The molecule has 8 aromatic rings. The molecule has 1 aliphatic rings. The summed E-state index contributed by atoms with van der Waals surface area (Å²) in [4.78, 5) is 33.0. The minimum Gasteiger partial charge on any atom is -0.347 e. The minimum atomic E-state index is -0.885. The van der Waals surface area contributed by atoms with E-state index in [-0.39, 0.29) is 24.1 Å². The molecule has 10 heteroatoms. The summed E-state index contributed by atoms with van der Waals surface area (Å²) < 4.78 is 5.59. The maximum absolute atomic E-state index is 14.0. The van der Waals surface area contributed by atoms with Crippen molar-refractivity contribution in [1.82, 2.24) is 39.2 Å². The summed E-state index contributed by atoms with van der Waals surface area (Å²) in [5, 5.41) is 13.9. The van der Waals surface area contributed by atoms with Crippen molar-refractivity contribution in [3.05, 3.63) is 190 Å². The number of hydrogen-bond acceptors (Lipinski definition) is 6. The van der Waals surface area contributed by atoms with Gasteiger partial charge in [-0.15, -0.1) is 5.10 Å². The van der Waals surface area contributed by atoms with Gasteiger partial charge in [-0.3, -0.25) is 9.59 Å². The number of tetrazole rings is 1. The molecule has 0 radical (unpaired) electrons. The lowest BCUT2D eigenvalue weighted by Gasteiger charge is -2.36. The van der Waals surface area contributed by atoms with Crippen LogP contribution in [-0.2, 0) is 29.7 Å². The molecule has 5 aromatic carbocycles. The molecule has 0 spiro atoms. The van der Waals surface area contributed by atoms with Crippen LogP contribution in [0.15, 0.2) is 151 Å². The Labute approximate surface area is 330 Å². The van der Waals surface area contributed by atoms with E-state index in [4.69, 9.17) is 15.3 Å². The first-order valence-electron chi connectivity index (χ1n) is 19.4. The van der Waals surface area contributed by atoms with Gasteiger partial charge in [0.2, 0.25) is 5.91 Å². The summed E-state index contributed by atoms with van der Waals surface area (Å²) in [6.07, 6.45) is 4.02. The van der Waals surface area contributed by atoms with E-state index in [0.717, 1.165) is 52.0 Å². The Morgan fingerprint density at radius 1 is 0.789 bits per heavy atom. The SMILES string of the molecule is CCc1nc2ccn(CC(=O)N(C)C)c(=O)c2n1[C@H]1CCc2cc(-c3ccccc3-c3nnnn3C(c3ccccc3)(c3ccccc3)c3ccccc3)ccc21. The number of aryl methyl sites for hydroxylation is 2. The quantitative estimate of drug-likeness (QED) is 0.134. The second-order valence-electron chi connectivity index (χ2n) is 14.8. The summed E-state index contributed by atoms with van der Waals surface area (Å²) in [6, 6.07) is 48.0. The monoisotopic (exact) mass is 750 g/mol. The van der Waals surface area contributed by atoms with Crippen molar-refractivity contribution < 1.29 is 4.79 Å². The highest BCUT2D eigenvalue weighted by atomic mass is 16.2. The van der Waals surface area contributed by atoms with Gasteiger partial charge in [0.05, 0.1) is 11.6 Å². The third kappa shape index (κ3) is 5.96. The molecule has 9 rings (SSSR count). The Kier molecular flexibility index (Phi) is 9.16. The fraction of sp³-hybridized carbons (Fsp3) is 0.191. The van der Waals surface area contributed by atoms with Crippen LogP contribution in [0, 0.1) is 0 Å². The van der Waals surface area contributed by atoms with Crippen LogP contribution in [0.2, 0.25) is 0 Å². The molecule has 1 amide bonds. The van der Waals surface area contributed by atoms with Crippen LogP contribution in [-0.4, -0.2) is 59.2 Å². The van der Waals surface area contributed by atoms with Crippen LogP contribution >= 0.6 is 0 Å². The number of rotatable bonds is 10. The molecule has 1 aliphatic carbocycles. The van der Waals surface area contributed by atoms with Gasteiger partial charge in [-0.25, -0.2) is 9.67 Å². The van der Waals surface area contributed by atoms with Crippen LogP contribution in [0.25, 0.3) is 33.5 Å². The molecule has 0 fully saturated rings. The van der Waals surface area contributed by atoms with Crippen LogP contribution < -0.4 is 5.56 Å². The fourth-order valence-electron chi connectivity index (χ4n) is 8.63. The third-order valence-corrected chi connectivity index (χ3v) is 11.3. The summed E-state index contributed by atoms with van der Waals surface area (Å²) in [5.74, 6) is 1.36. The highest BCUT2D eigenvalue weighted by Crippen LogP contribution is 2.44. The van der Waals surface area contributed by atoms with Crippen molar-refractivity contribution in [2.45, 2.75) is 44.3 Å². The number of benzene rings is 5. The zero-order valence-electron chi connectivity index (χ0n) is 32.2. The normalized spacial score (nSPS) is 13.8. The number of nitrogens with zero attached hydrogens (tertiary/aromatic N) is 8. The molecular formula is C47H42N8O2. The average Bonchev–Trinajstić information content (AvgIpc) is 4.01. The summed E-state index contributed by atoms with van der Waals surface area (Å²) >= 11 is 0. The van der Waals surface area contributed by atoms with Crippen molar-refractivity contribution in [2.75, 3.05) is 14.1 Å². The van der Waals surface area contributed by atoms with E-state index in [1.54, 1.807) is 20.3 Å². The van der Waals surface area contributed by atoms with Gasteiger partial charge in [0, 0.05) is 32.3 Å². The Balaban J connectivity index is 1.16. The number of aromatic nitrogens is 7. The lowest BCUT2D eigenvalue weighted by Crippen LogP contribution is -2.39. The van der Waals surface area contributed by atoms with Crippen LogP contribution in [0.4, 0.5) is 0 Å². The molecule has 0 bridgehead atoms. The highest BCUT2D eigenvalue weighted by Gasteiger charge is 2.42. The smallest absolute Gasteiger partial charge is 0.277 e. The van der Waals surface area contributed by atoms with Gasteiger partial charge in [0.1, 0.15) is 23.4 Å². The van der Waals surface area contributed by atoms with E-state index >= 15 is 0 Å². The maximum Gasteiger partial charge on any atom is 0.277 e. The predicted molar refractivity (Wildman–Crippen MR) is 222 cm³/mol. The second-order valence-corrected chi connectivity index (χ2v) is 14.8. The fourth-order valence-corrected chi connectivity index (χ4v) is 8.63. The Morgan fingerprint density at radius 2 is 1.40 bits per heavy atom. The van der Waals surface area contributed by atoms with Crippen molar-refractivity contribution in [3.63, 3.8) is 0 Å². The molecule has 282 valence electrons. The highest BCUT2D eigenvalue weighted by molar-refractivity contribution is 5.82. The second kappa shape index (κ2) is 14.6. The van der Waals surface area contributed by atoms with Crippen molar-refractivity contribution in [1.29, 1.82) is 0 Å².